The molecule has 0 saturated carbocycles. The molecule has 0 spiro atoms. The number of thiophene rings is 1. The molecule has 1 heterocycles. The van der Waals surface area contributed by atoms with Crippen LogP contribution < -0.4 is 4.72 Å². The van der Waals surface area contributed by atoms with Gasteiger partial charge in [0.15, 0.2) is 0 Å². The lowest BCUT2D eigenvalue weighted by molar-refractivity contribution is 0.184. The molecule has 0 bridgehead atoms. The van der Waals surface area contributed by atoms with Gasteiger partial charge < -0.3 is 5.11 Å². The van der Waals surface area contributed by atoms with Crippen molar-refractivity contribution in [2.24, 2.45) is 0 Å². The molecule has 4 nitrogen and oxygen atoms in total. The van der Waals surface area contributed by atoms with E-state index in [1.165, 1.54) is 11.3 Å². The number of aliphatic hydroxyl groups is 1. The van der Waals surface area contributed by atoms with Crippen LogP contribution in [-0.2, 0) is 10.0 Å². The van der Waals surface area contributed by atoms with Gasteiger partial charge >= 0.3 is 0 Å². The molecule has 23 heavy (non-hydrogen) atoms. The molecule has 1 atom stereocenters. The largest absolute Gasteiger partial charge is 0.387 e. The van der Waals surface area contributed by atoms with Crippen molar-refractivity contribution in [1.82, 2.24) is 4.72 Å². The van der Waals surface area contributed by atoms with Gasteiger partial charge in [-0.15, -0.1) is 11.3 Å². The maximum atomic E-state index is 12.3. The number of benzene rings is 2. The van der Waals surface area contributed by atoms with Crippen molar-refractivity contribution in [2.45, 2.75) is 17.9 Å². The average molecular weight is 347 g/mol. The Balaban J connectivity index is 1.77. The summed E-state index contributed by atoms with van der Waals surface area (Å²) in [5.41, 5.74) is 1.62. The van der Waals surface area contributed by atoms with E-state index in [1.807, 2.05) is 42.6 Å². The van der Waals surface area contributed by atoms with Gasteiger partial charge in [0, 0.05) is 16.8 Å². The zero-order valence-corrected chi connectivity index (χ0v) is 14.2. The third-order valence-corrected chi connectivity index (χ3v) is 6.04. The van der Waals surface area contributed by atoms with E-state index >= 15 is 0 Å². The summed E-state index contributed by atoms with van der Waals surface area (Å²) >= 11 is 1.54. The second-order valence-corrected chi connectivity index (χ2v) is 8.05. The van der Waals surface area contributed by atoms with Crippen molar-refractivity contribution >= 4 is 31.4 Å². The van der Waals surface area contributed by atoms with Crippen LogP contribution >= 0.6 is 11.3 Å². The summed E-state index contributed by atoms with van der Waals surface area (Å²) in [6.45, 7) is 1.78. The van der Waals surface area contributed by atoms with Gasteiger partial charge in [-0.1, -0.05) is 30.3 Å². The van der Waals surface area contributed by atoms with Crippen LogP contribution in [0.1, 0.15) is 17.2 Å². The first-order chi connectivity index (χ1) is 11.0. The number of aliphatic hydroxyl groups excluding tert-OH is 1. The predicted octanol–water partition coefficient (Wildman–Crippen LogP) is 3.22. The molecule has 2 aromatic carbocycles. The molecule has 0 unspecified atom stereocenters. The molecular weight excluding hydrogens is 330 g/mol. The Morgan fingerprint density at radius 3 is 2.74 bits per heavy atom. The zero-order chi connectivity index (χ0) is 16.4. The van der Waals surface area contributed by atoms with Gasteiger partial charge in [0.25, 0.3) is 0 Å². The highest BCUT2D eigenvalue weighted by atomic mass is 32.2. The maximum absolute atomic E-state index is 12.3. The van der Waals surface area contributed by atoms with Crippen LogP contribution in [0.4, 0.5) is 0 Å². The average Bonchev–Trinajstić information content (AvgIpc) is 2.97. The van der Waals surface area contributed by atoms with E-state index in [2.05, 4.69) is 4.72 Å². The Morgan fingerprint density at radius 2 is 1.96 bits per heavy atom. The first kappa shape index (κ1) is 16.1. The Bertz CT molecular complexity index is 932. The van der Waals surface area contributed by atoms with Gasteiger partial charge in [-0.3, -0.25) is 0 Å². The standard InChI is InChI=1S/C17H17NO3S2/c1-12-5-4-6-13(9-12)23(20,21)18-10-16(19)15-11-22-17-8-3-2-7-14(15)17/h2-9,11,16,18-19H,10H2,1H3/t16-/m0/s1. The van der Waals surface area contributed by atoms with Crippen molar-refractivity contribution in [3.8, 4) is 0 Å². The minimum absolute atomic E-state index is 0.0585. The van der Waals surface area contributed by atoms with Crippen LogP contribution in [0.5, 0.6) is 0 Å². The Morgan fingerprint density at radius 1 is 1.17 bits per heavy atom. The summed E-state index contributed by atoms with van der Waals surface area (Å²) in [6.07, 6.45) is -0.884. The van der Waals surface area contributed by atoms with E-state index < -0.39 is 16.1 Å². The summed E-state index contributed by atoms with van der Waals surface area (Å²) < 4.78 is 28.2. The van der Waals surface area contributed by atoms with Gasteiger partial charge in [-0.05, 0) is 41.5 Å². The number of fused-ring (bicyclic) bond motifs is 1. The van der Waals surface area contributed by atoms with Crippen molar-refractivity contribution in [3.05, 3.63) is 65.0 Å². The highest BCUT2D eigenvalue weighted by Crippen LogP contribution is 2.30. The van der Waals surface area contributed by atoms with Crippen LogP contribution in [-0.4, -0.2) is 20.1 Å². The third kappa shape index (κ3) is 3.45. The Hall–Kier alpha value is -1.73. The molecule has 0 aliphatic heterocycles. The molecule has 0 fully saturated rings. The summed E-state index contributed by atoms with van der Waals surface area (Å²) in [7, 11) is -3.63. The van der Waals surface area contributed by atoms with E-state index in [-0.39, 0.29) is 11.4 Å². The molecule has 2 N–H and O–H groups in total. The molecular formula is C17H17NO3S2. The van der Waals surface area contributed by atoms with E-state index in [1.54, 1.807) is 18.2 Å². The van der Waals surface area contributed by atoms with E-state index in [0.29, 0.717) is 0 Å². The molecule has 3 rings (SSSR count). The minimum Gasteiger partial charge on any atom is -0.387 e. The quantitative estimate of drug-likeness (QED) is 0.745. The first-order valence-corrected chi connectivity index (χ1v) is 9.54. The van der Waals surface area contributed by atoms with Crippen LogP contribution in [0, 0.1) is 6.92 Å². The number of sulfonamides is 1. The molecule has 3 aromatic rings. The van der Waals surface area contributed by atoms with Crippen molar-refractivity contribution in [1.29, 1.82) is 0 Å². The highest BCUT2D eigenvalue weighted by molar-refractivity contribution is 7.89. The minimum atomic E-state index is -3.63. The molecule has 0 saturated heterocycles. The fraction of sp³-hybridized carbons (Fsp3) is 0.176. The van der Waals surface area contributed by atoms with Gasteiger partial charge in [0.05, 0.1) is 11.0 Å². The number of aryl methyl sites for hydroxylation is 1. The third-order valence-electron chi connectivity index (χ3n) is 3.64. The van der Waals surface area contributed by atoms with E-state index in [4.69, 9.17) is 0 Å². The lowest BCUT2D eigenvalue weighted by atomic mass is 10.1. The van der Waals surface area contributed by atoms with Gasteiger partial charge in [-0.2, -0.15) is 0 Å². The van der Waals surface area contributed by atoms with E-state index in [9.17, 15) is 13.5 Å². The topological polar surface area (TPSA) is 66.4 Å². The first-order valence-electron chi connectivity index (χ1n) is 7.18. The van der Waals surface area contributed by atoms with Gasteiger partial charge in [0.1, 0.15) is 0 Å². The van der Waals surface area contributed by atoms with Gasteiger partial charge in [-0.25, -0.2) is 13.1 Å². The molecule has 6 heteroatoms. The highest BCUT2D eigenvalue weighted by Gasteiger charge is 2.18. The van der Waals surface area contributed by atoms with Crippen molar-refractivity contribution < 1.29 is 13.5 Å². The smallest absolute Gasteiger partial charge is 0.240 e. The SMILES string of the molecule is Cc1cccc(S(=O)(=O)NC[C@H](O)c2csc3ccccc23)c1. The maximum Gasteiger partial charge on any atom is 0.240 e. The molecule has 0 amide bonds. The van der Waals surface area contributed by atoms with E-state index in [0.717, 1.165) is 21.2 Å². The molecule has 120 valence electrons. The lowest BCUT2D eigenvalue weighted by Gasteiger charge is -2.12. The van der Waals surface area contributed by atoms with Crippen LogP contribution in [0.3, 0.4) is 0 Å². The zero-order valence-electron chi connectivity index (χ0n) is 12.6. The summed E-state index contributed by atoms with van der Waals surface area (Å²) in [4.78, 5) is 0.208. The lowest BCUT2D eigenvalue weighted by Crippen LogP contribution is -2.28. The Labute approximate surface area is 139 Å². The molecule has 1 aromatic heterocycles. The molecule has 0 aliphatic carbocycles. The van der Waals surface area contributed by atoms with Crippen LogP contribution in [0.2, 0.25) is 0 Å². The normalized spacial score (nSPS) is 13.3. The summed E-state index contributed by atoms with van der Waals surface area (Å²) in [5.74, 6) is 0. The van der Waals surface area contributed by atoms with Crippen molar-refractivity contribution in [3.63, 3.8) is 0 Å². The second-order valence-electron chi connectivity index (χ2n) is 5.37. The predicted molar refractivity (Wildman–Crippen MR) is 93.2 cm³/mol. The molecule has 0 radical (unpaired) electrons. The Kier molecular flexibility index (Phi) is 4.50. The fourth-order valence-electron chi connectivity index (χ4n) is 2.42. The van der Waals surface area contributed by atoms with Crippen molar-refractivity contribution in [2.75, 3.05) is 6.54 Å². The number of hydrogen-bond acceptors (Lipinski definition) is 4. The number of nitrogens with one attached hydrogen (secondary N) is 1. The van der Waals surface area contributed by atoms with Gasteiger partial charge in [0.2, 0.25) is 10.0 Å². The number of hydrogen-bond donors (Lipinski definition) is 2. The summed E-state index contributed by atoms with van der Waals surface area (Å²) in [5, 5.41) is 13.2. The van der Waals surface area contributed by atoms with Crippen LogP contribution in [0.15, 0.2) is 58.8 Å². The molecule has 0 aliphatic rings. The van der Waals surface area contributed by atoms with Crippen LogP contribution in [0.25, 0.3) is 10.1 Å². The monoisotopic (exact) mass is 347 g/mol. The second kappa shape index (κ2) is 6.41. The summed E-state index contributed by atoms with van der Waals surface area (Å²) in [6, 6.07) is 14.4. The number of rotatable bonds is 5. The fourth-order valence-corrected chi connectivity index (χ4v) is 4.57.